The van der Waals surface area contributed by atoms with Crippen molar-refractivity contribution in [1.82, 2.24) is 8.87 Å². The highest BCUT2D eigenvalue weighted by molar-refractivity contribution is 7.89. The molecule has 2 aromatic carbocycles. The number of amides is 1. The van der Waals surface area contributed by atoms with Gasteiger partial charge in [-0.15, -0.1) is 0 Å². The summed E-state index contributed by atoms with van der Waals surface area (Å²) in [7, 11) is -2.24. The van der Waals surface area contributed by atoms with Crippen LogP contribution < -0.4 is 9.54 Å². The Kier molecular flexibility index (Phi) is 7.73. The number of fused-ring (bicyclic) bond motifs is 1. The molecule has 1 aliphatic heterocycles. The molecule has 1 amide bonds. The van der Waals surface area contributed by atoms with E-state index in [-0.39, 0.29) is 11.4 Å². The second-order valence-corrected chi connectivity index (χ2v) is 11.1. The van der Waals surface area contributed by atoms with Crippen molar-refractivity contribution in [3.8, 4) is 5.75 Å². The molecule has 1 aromatic heterocycles. The molecule has 182 valence electrons. The van der Waals surface area contributed by atoms with Gasteiger partial charge >= 0.3 is 0 Å². The molecule has 0 saturated carbocycles. The van der Waals surface area contributed by atoms with Crippen molar-refractivity contribution in [3.63, 3.8) is 0 Å². The van der Waals surface area contributed by atoms with Crippen molar-refractivity contribution in [1.29, 1.82) is 0 Å². The smallest absolute Gasteiger partial charge is 0.266 e. The van der Waals surface area contributed by atoms with E-state index in [0.717, 1.165) is 16.0 Å². The van der Waals surface area contributed by atoms with Crippen molar-refractivity contribution in [2.45, 2.75) is 37.2 Å². The Morgan fingerprint density at radius 3 is 2.71 bits per heavy atom. The lowest BCUT2D eigenvalue weighted by molar-refractivity contribution is -0.121. The Morgan fingerprint density at radius 2 is 2.00 bits per heavy atom. The molecule has 0 bridgehead atoms. The van der Waals surface area contributed by atoms with Crippen LogP contribution in [0.15, 0.2) is 52.4 Å². The molecular weight excluding hydrogens is 498 g/mol. The van der Waals surface area contributed by atoms with Gasteiger partial charge in [0.1, 0.15) is 11.8 Å². The summed E-state index contributed by atoms with van der Waals surface area (Å²) in [6, 6.07) is 10.8. The minimum atomic E-state index is -3.85. The molecule has 1 aliphatic rings. The fourth-order valence-corrected chi connectivity index (χ4v) is 6.85. The Labute approximate surface area is 207 Å². The number of nitrogens with zero attached hydrogens (tertiary/aromatic N) is 3. The van der Waals surface area contributed by atoms with E-state index in [4.69, 9.17) is 21.1 Å². The first-order chi connectivity index (χ1) is 16.3. The summed E-state index contributed by atoms with van der Waals surface area (Å²) in [6.07, 6.45) is 1.01. The van der Waals surface area contributed by atoms with Crippen LogP contribution in [0.3, 0.4) is 0 Å². The van der Waals surface area contributed by atoms with Crippen molar-refractivity contribution in [2.24, 2.45) is 4.99 Å². The van der Waals surface area contributed by atoms with Crippen LogP contribution in [0.25, 0.3) is 10.2 Å². The van der Waals surface area contributed by atoms with Crippen LogP contribution in [0.4, 0.5) is 0 Å². The molecule has 1 fully saturated rings. The molecule has 8 nitrogen and oxygen atoms in total. The first-order valence-electron chi connectivity index (χ1n) is 11.0. The minimum Gasteiger partial charge on any atom is -0.494 e. The number of rotatable bonds is 8. The fourth-order valence-electron chi connectivity index (χ4n) is 3.98. The lowest BCUT2D eigenvalue weighted by atomic mass is 10.2. The van der Waals surface area contributed by atoms with Crippen LogP contribution in [0.5, 0.6) is 5.75 Å². The molecule has 11 heteroatoms. The van der Waals surface area contributed by atoms with Crippen molar-refractivity contribution in [3.05, 3.63) is 52.3 Å². The Bertz CT molecular complexity index is 1350. The molecule has 1 atom stereocenters. The molecular formula is C23H26ClN3O5S2. The van der Waals surface area contributed by atoms with E-state index in [9.17, 15) is 13.2 Å². The summed E-state index contributed by atoms with van der Waals surface area (Å²) >= 11 is 7.27. The van der Waals surface area contributed by atoms with Crippen LogP contribution in [-0.2, 0) is 26.1 Å². The maximum atomic E-state index is 13.3. The summed E-state index contributed by atoms with van der Waals surface area (Å²) < 4.78 is 41.4. The van der Waals surface area contributed by atoms with E-state index in [1.807, 2.05) is 29.7 Å². The maximum Gasteiger partial charge on any atom is 0.266 e. The van der Waals surface area contributed by atoms with Crippen LogP contribution in [-0.4, -0.2) is 56.1 Å². The number of thiazole rings is 1. The molecule has 0 spiro atoms. The highest BCUT2D eigenvalue weighted by Gasteiger charge is 2.39. The number of carbonyl (C=O) groups excluding carboxylic acids is 1. The third kappa shape index (κ3) is 5.06. The number of benzene rings is 2. The molecule has 0 N–H and O–H groups in total. The maximum absolute atomic E-state index is 13.3. The van der Waals surface area contributed by atoms with E-state index >= 15 is 0 Å². The molecule has 0 radical (unpaired) electrons. The first kappa shape index (κ1) is 24.9. The summed E-state index contributed by atoms with van der Waals surface area (Å²) in [5.74, 6) is 0.266. The Balaban J connectivity index is 1.70. The van der Waals surface area contributed by atoms with Crippen LogP contribution in [0.2, 0.25) is 5.02 Å². The van der Waals surface area contributed by atoms with Gasteiger partial charge in [-0.2, -0.15) is 9.30 Å². The zero-order chi connectivity index (χ0) is 24.3. The molecule has 4 rings (SSSR count). The van der Waals surface area contributed by atoms with E-state index in [0.29, 0.717) is 42.4 Å². The van der Waals surface area contributed by atoms with Gasteiger partial charge in [-0.1, -0.05) is 22.9 Å². The normalized spacial score (nSPS) is 17.5. The first-order valence-corrected chi connectivity index (χ1v) is 13.6. The quantitative estimate of drug-likeness (QED) is 0.449. The van der Waals surface area contributed by atoms with Crippen molar-refractivity contribution in [2.75, 3.05) is 26.9 Å². The van der Waals surface area contributed by atoms with E-state index < -0.39 is 22.0 Å². The summed E-state index contributed by atoms with van der Waals surface area (Å²) in [4.78, 5) is 18.3. The van der Waals surface area contributed by atoms with E-state index in [1.54, 1.807) is 7.11 Å². The molecule has 1 unspecified atom stereocenters. The van der Waals surface area contributed by atoms with Gasteiger partial charge in [0.15, 0.2) is 4.80 Å². The zero-order valence-electron chi connectivity index (χ0n) is 18.9. The van der Waals surface area contributed by atoms with Gasteiger partial charge in [0, 0.05) is 25.2 Å². The Morgan fingerprint density at radius 1 is 1.24 bits per heavy atom. The molecule has 2 heterocycles. The standard InChI is InChI=1S/C23H26ClN3O5S2/c1-3-32-17-8-11-19-21(15-17)33-23(26(19)13-14-31-2)25-22(28)20-5-4-12-27(20)34(29,30)18-9-6-16(24)7-10-18/h6-11,15,20H,3-5,12-14H2,1-2H3. The number of carbonyl (C=O) groups is 1. The number of methoxy groups -OCH3 is 1. The fraction of sp³-hybridized carbons (Fsp3) is 0.391. The monoisotopic (exact) mass is 523 g/mol. The Hall–Kier alpha value is -2.24. The van der Waals surface area contributed by atoms with Crippen molar-refractivity contribution < 1.29 is 22.7 Å². The van der Waals surface area contributed by atoms with Gasteiger partial charge in [0.2, 0.25) is 10.0 Å². The number of sulfonamides is 1. The third-order valence-corrected chi connectivity index (χ3v) is 8.81. The number of aromatic nitrogens is 1. The average molecular weight is 524 g/mol. The molecule has 3 aromatic rings. The second-order valence-electron chi connectivity index (χ2n) is 7.77. The van der Waals surface area contributed by atoms with Gasteiger partial charge in [-0.3, -0.25) is 4.79 Å². The summed E-state index contributed by atoms with van der Waals surface area (Å²) in [5.41, 5.74) is 0.911. The average Bonchev–Trinajstić information content (AvgIpc) is 3.43. The molecule has 0 aliphatic carbocycles. The van der Waals surface area contributed by atoms with E-state index in [2.05, 4.69) is 4.99 Å². The topological polar surface area (TPSA) is 90.2 Å². The highest BCUT2D eigenvalue weighted by Crippen LogP contribution is 2.28. The van der Waals surface area contributed by atoms with Gasteiger partial charge < -0.3 is 14.0 Å². The lowest BCUT2D eigenvalue weighted by Crippen LogP contribution is -2.40. The lowest BCUT2D eigenvalue weighted by Gasteiger charge is -2.21. The summed E-state index contributed by atoms with van der Waals surface area (Å²) in [6.45, 7) is 3.69. The van der Waals surface area contributed by atoms with Crippen molar-refractivity contribution >= 4 is 49.1 Å². The number of hydrogen-bond donors (Lipinski definition) is 0. The zero-order valence-corrected chi connectivity index (χ0v) is 21.3. The second kappa shape index (κ2) is 10.6. The van der Waals surface area contributed by atoms with Gasteiger partial charge in [0.05, 0.1) is 28.3 Å². The largest absolute Gasteiger partial charge is 0.494 e. The van der Waals surface area contributed by atoms with Crippen LogP contribution in [0, 0.1) is 0 Å². The van der Waals surface area contributed by atoms with Crippen LogP contribution >= 0.6 is 22.9 Å². The number of ether oxygens (including phenoxy) is 2. The van der Waals surface area contributed by atoms with Gasteiger partial charge in [-0.25, -0.2) is 8.42 Å². The summed E-state index contributed by atoms with van der Waals surface area (Å²) in [5, 5.41) is 0.445. The third-order valence-electron chi connectivity index (χ3n) is 5.60. The predicted octanol–water partition coefficient (Wildman–Crippen LogP) is 3.68. The van der Waals surface area contributed by atoms with Gasteiger partial charge in [-0.05, 0) is 62.2 Å². The predicted molar refractivity (Wildman–Crippen MR) is 132 cm³/mol. The molecule has 34 heavy (non-hydrogen) atoms. The van der Waals surface area contributed by atoms with Crippen LogP contribution in [0.1, 0.15) is 19.8 Å². The minimum absolute atomic E-state index is 0.108. The highest BCUT2D eigenvalue weighted by atomic mass is 35.5. The van der Waals surface area contributed by atoms with E-state index in [1.165, 1.54) is 39.9 Å². The van der Waals surface area contributed by atoms with Gasteiger partial charge in [0.25, 0.3) is 5.91 Å². The number of hydrogen-bond acceptors (Lipinski definition) is 6. The number of halogens is 1. The SMILES string of the molecule is CCOc1ccc2c(c1)sc(=NC(=O)C1CCCN1S(=O)(=O)c1ccc(Cl)cc1)n2CCOC. The molecule has 1 saturated heterocycles.